The van der Waals surface area contributed by atoms with Gasteiger partial charge in [-0.15, -0.1) is 0 Å². The first-order chi connectivity index (χ1) is 18.1. The van der Waals surface area contributed by atoms with Crippen LogP contribution in [0.4, 0.5) is 0 Å². The first-order valence-corrected chi connectivity index (χ1v) is 12.7. The largest absolute Gasteiger partial charge is 0.457 e. The molecule has 0 spiro atoms. The number of ketones is 1. The smallest absolute Gasteiger partial charge is 0.310 e. The van der Waals surface area contributed by atoms with Gasteiger partial charge in [0.05, 0.1) is 5.92 Å². The van der Waals surface area contributed by atoms with Gasteiger partial charge in [0.2, 0.25) is 0 Å². The van der Waals surface area contributed by atoms with Crippen LogP contribution in [-0.4, -0.2) is 11.8 Å². The van der Waals surface area contributed by atoms with Crippen LogP contribution in [0, 0.1) is 24.7 Å². The summed E-state index contributed by atoms with van der Waals surface area (Å²) in [4.78, 5) is 26.6. The topological polar surface area (TPSA) is 43.4 Å². The monoisotopic (exact) mass is 482 g/mol. The zero-order valence-electron chi connectivity index (χ0n) is 20.6. The third-order valence-corrected chi connectivity index (χ3v) is 7.58. The fourth-order valence-corrected chi connectivity index (χ4v) is 5.80. The van der Waals surface area contributed by atoms with Crippen LogP contribution in [0.3, 0.4) is 0 Å². The molecule has 37 heavy (non-hydrogen) atoms. The van der Waals surface area contributed by atoms with E-state index in [9.17, 15) is 9.59 Å². The van der Waals surface area contributed by atoms with Crippen LogP contribution >= 0.6 is 0 Å². The predicted octanol–water partition coefficient (Wildman–Crippen LogP) is 6.76. The Kier molecular flexibility index (Phi) is 5.94. The van der Waals surface area contributed by atoms with Gasteiger partial charge in [0, 0.05) is 40.5 Å². The Balaban J connectivity index is 1.36. The summed E-state index contributed by atoms with van der Waals surface area (Å²) in [5, 5.41) is 0. The molecule has 4 aromatic rings. The second kappa shape index (κ2) is 9.56. The summed E-state index contributed by atoms with van der Waals surface area (Å²) in [6.45, 7) is 2.05. The van der Waals surface area contributed by atoms with Gasteiger partial charge in [-0.25, -0.2) is 0 Å². The quantitative estimate of drug-likeness (QED) is 0.183. The maximum absolute atomic E-state index is 13.4. The SMILES string of the molecule is Cc1ccc(C#Cc2ccccc2[C@H]2OC(=O)[C@@H]3[C@H]2c2ccccc2[C@@H]3CC(=O)c2ccccc2)cc1. The van der Waals surface area contributed by atoms with Crippen molar-refractivity contribution in [3.8, 4) is 11.8 Å². The fourth-order valence-electron chi connectivity index (χ4n) is 5.80. The number of fused-ring (bicyclic) bond motifs is 3. The molecule has 1 aliphatic carbocycles. The molecule has 0 bridgehead atoms. The first kappa shape index (κ1) is 23.0. The summed E-state index contributed by atoms with van der Waals surface area (Å²) in [6.07, 6.45) is -0.169. The number of rotatable bonds is 4. The van der Waals surface area contributed by atoms with Crippen molar-refractivity contribution in [1.29, 1.82) is 0 Å². The molecule has 1 heterocycles. The summed E-state index contributed by atoms with van der Waals surface area (Å²) in [5.74, 6) is 5.62. The van der Waals surface area contributed by atoms with Gasteiger partial charge in [0.25, 0.3) is 0 Å². The molecule has 6 rings (SSSR count). The van der Waals surface area contributed by atoms with Crippen molar-refractivity contribution in [2.45, 2.75) is 31.3 Å². The summed E-state index contributed by atoms with van der Waals surface area (Å²) in [6, 6.07) is 33.5. The zero-order valence-corrected chi connectivity index (χ0v) is 20.6. The normalized spacial score (nSPS) is 21.4. The fraction of sp³-hybridized carbons (Fsp3) is 0.176. The second-order valence-corrected chi connectivity index (χ2v) is 9.84. The Bertz CT molecular complexity index is 1540. The van der Waals surface area contributed by atoms with E-state index in [1.165, 1.54) is 5.56 Å². The summed E-state index contributed by atoms with van der Waals surface area (Å²) in [7, 11) is 0. The highest BCUT2D eigenvalue weighted by atomic mass is 16.6. The van der Waals surface area contributed by atoms with Crippen molar-refractivity contribution in [2.75, 3.05) is 0 Å². The van der Waals surface area contributed by atoms with Crippen molar-refractivity contribution in [2.24, 2.45) is 5.92 Å². The van der Waals surface area contributed by atoms with E-state index in [2.05, 4.69) is 30.9 Å². The van der Waals surface area contributed by atoms with E-state index in [4.69, 9.17) is 4.74 Å². The van der Waals surface area contributed by atoms with E-state index in [-0.39, 0.29) is 30.0 Å². The molecule has 4 aromatic carbocycles. The minimum absolute atomic E-state index is 0.0432. The Labute approximate surface area is 217 Å². The molecule has 2 aliphatic rings. The lowest BCUT2D eigenvalue weighted by atomic mass is 9.81. The Morgan fingerprint density at radius 2 is 1.38 bits per heavy atom. The summed E-state index contributed by atoms with van der Waals surface area (Å²) < 4.78 is 6.08. The van der Waals surface area contributed by atoms with Crippen LogP contribution < -0.4 is 0 Å². The molecular weight excluding hydrogens is 456 g/mol. The molecule has 180 valence electrons. The van der Waals surface area contributed by atoms with Crippen LogP contribution in [0.1, 0.15) is 68.1 Å². The molecule has 3 heteroatoms. The number of Topliss-reactive ketones (excluding diaryl/α,β-unsaturated/α-hetero) is 1. The molecule has 4 atom stereocenters. The van der Waals surface area contributed by atoms with Crippen LogP contribution in [-0.2, 0) is 9.53 Å². The van der Waals surface area contributed by atoms with Gasteiger partial charge in [-0.05, 0) is 36.2 Å². The van der Waals surface area contributed by atoms with Crippen LogP contribution in [0.5, 0.6) is 0 Å². The van der Waals surface area contributed by atoms with Crippen molar-refractivity contribution in [3.63, 3.8) is 0 Å². The number of carbonyl (C=O) groups excluding carboxylic acids is 2. The van der Waals surface area contributed by atoms with Gasteiger partial charge in [-0.3, -0.25) is 9.59 Å². The Morgan fingerprint density at radius 1 is 0.730 bits per heavy atom. The average molecular weight is 483 g/mol. The minimum Gasteiger partial charge on any atom is -0.457 e. The highest BCUT2D eigenvalue weighted by molar-refractivity contribution is 5.97. The van der Waals surface area contributed by atoms with Crippen LogP contribution in [0.2, 0.25) is 0 Å². The molecule has 0 aromatic heterocycles. The number of carbonyl (C=O) groups is 2. The average Bonchev–Trinajstić information content (AvgIpc) is 3.44. The van der Waals surface area contributed by atoms with E-state index in [0.717, 1.165) is 27.8 Å². The van der Waals surface area contributed by atoms with Gasteiger partial charge in [-0.2, -0.15) is 0 Å². The van der Waals surface area contributed by atoms with Gasteiger partial charge in [-0.1, -0.05) is 102 Å². The molecule has 0 amide bonds. The molecule has 0 N–H and O–H groups in total. The maximum atomic E-state index is 13.4. The Hall–Kier alpha value is -4.42. The molecule has 0 radical (unpaired) electrons. The van der Waals surface area contributed by atoms with E-state index in [0.29, 0.717) is 5.56 Å². The lowest BCUT2D eigenvalue weighted by molar-refractivity contribution is -0.145. The van der Waals surface area contributed by atoms with Crippen molar-refractivity contribution < 1.29 is 14.3 Å². The van der Waals surface area contributed by atoms with E-state index >= 15 is 0 Å². The van der Waals surface area contributed by atoms with Crippen molar-refractivity contribution >= 4 is 11.8 Å². The molecular formula is C34H26O3. The molecule has 1 aliphatic heterocycles. The van der Waals surface area contributed by atoms with E-state index in [1.54, 1.807) is 0 Å². The Morgan fingerprint density at radius 3 is 2.14 bits per heavy atom. The molecule has 0 saturated carbocycles. The maximum Gasteiger partial charge on any atom is 0.310 e. The van der Waals surface area contributed by atoms with E-state index in [1.807, 2.05) is 91.0 Å². The third-order valence-electron chi connectivity index (χ3n) is 7.58. The number of aryl methyl sites for hydroxylation is 1. The first-order valence-electron chi connectivity index (χ1n) is 12.7. The van der Waals surface area contributed by atoms with Gasteiger partial charge in [0.15, 0.2) is 5.78 Å². The second-order valence-electron chi connectivity index (χ2n) is 9.84. The van der Waals surface area contributed by atoms with Crippen LogP contribution in [0.25, 0.3) is 0 Å². The number of esters is 1. The molecule has 1 saturated heterocycles. The minimum atomic E-state index is -0.445. The molecule has 3 nitrogen and oxygen atoms in total. The zero-order chi connectivity index (χ0) is 25.4. The molecule has 1 fully saturated rings. The lowest BCUT2D eigenvalue weighted by Gasteiger charge is -2.19. The number of hydrogen-bond donors (Lipinski definition) is 0. The highest BCUT2D eigenvalue weighted by Crippen LogP contribution is 2.59. The molecule has 0 unspecified atom stereocenters. The van der Waals surface area contributed by atoms with Crippen molar-refractivity contribution in [3.05, 3.63) is 142 Å². The predicted molar refractivity (Wildman–Crippen MR) is 143 cm³/mol. The number of hydrogen-bond acceptors (Lipinski definition) is 3. The van der Waals surface area contributed by atoms with Crippen LogP contribution in [0.15, 0.2) is 103 Å². The lowest BCUT2D eigenvalue weighted by Crippen LogP contribution is -2.19. The third kappa shape index (κ3) is 4.26. The number of benzene rings is 4. The highest BCUT2D eigenvalue weighted by Gasteiger charge is 2.55. The van der Waals surface area contributed by atoms with Crippen molar-refractivity contribution in [1.82, 2.24) is 0 Å². The van der Waals surface area contributed by atoms with Gasteiger partial charge < -0.3 is 4.74 Å². The summed E-state index contributed by atoms with van der Waals surface area (Å²) in [5.41, 5.74) is 6.73. The summed E-state index contributed by atoms with van der Waals surface area (Å²) >= 11 is 0. The number of ether oxygens (including phenoxy) is 1. The standard InChI is InChI=1S/C34H26O3/c1-22-15-17-23(18-16-22)19-20-24-9-5-6-12-26(24)33-31-28-14-8-7-13-27(28)29(32(31)34(36)37-33)21-30(35)25-10-3-2-4-11-25/h2-18,29,31-33H,21H2,1H3/t29-,31+,32-,33+/m0/s1. The van der Waals surface area contributed by atoms with Gasteiger partial charge >= 0.3 is 5.97 Å². The number of cyclic esters (lactones) is 1. The van der Waals surface area contributed by atoms with Gasteiger partial charge in [0.1, 0.15) is 6.10 Å². The van der Waals surface area contributed by atoms with E-state index < -0.39 is 12.0 Å².